The summed E-state index contributed by atoms with van der Waals surface area (Å²) < 4.78 is 82.7. The summed E-state index contributed by atoms with van der Waals surface area (Å²) in [5.74, 6) is -0.0255. The monoisotopic (exact) mass is 466 g/mol. The Morgan fingerprint density at radius 1 is 0.786 bits per heavy atom. The molecule has 1 saturated heterocycles. The molecule has 3 rings (SSSR count). The Bertz CT molecular complexity index is 797. The lowest BCUT2D eigenvalue weighted by Gasteiger charge is -2.39. The molecule has 2 aromatic carbocycles. The van der Waals surface area contributed by atoms with Crippen LogP contribution in [0.1, 0.15) is 47.8 Å². The van der Waals surface area contributed by atoms with Crippen LogP contribution in [-0.4, -0.2) is 4.83 Å². The van der Waals surface area contributed by atoms with Gasteiger partial charge in [0.2, 0.25) is 0 Å². The van der Waals surface area contributed by atoms with Crippen molar-refractivity contribution in [2.75, 3.05) is 0 Å². The molecule has 1 aliphatic rings. The van der Waals surface area contributed by atoms with E-state index in [0.29, 0.717) is 17.5 Å². The minimum atomic E-state index is -4.42. The van der Waals surface area contributed by atoms with Crippen LogP contribution < -0.4 is 0 Å². The van der Waals surface area contributed by atoms with Crippen molar-refractivity contribution in [3.05, 3.63) is 70.8 Å². The lowest BCUT2D eigenvalue weighted by molar-refractivity contribution is -0.138. The van der Waals surface area contributed by atoms with Gasteiger partial charge in [-0.1, -0.05) is 47.1 Å². The SMILES string of the molecule is C[C@H]1[C@H](Br)C[C@H](c2ccc(C(F)(F)F)cc2)O[C@@H]1c1ccc(C(F)(F)F)cc1. The van der Waals surface area contributed by atoms with Gasteiger partial charge in [0.1, 0.15) is 0 Å². The molecule has 0 amide bonds. The molecule has 8 heteroatoms. The Labute approximate surface area is 166 Å². The van der Waals surface area contributed by atoms with E-state index < -0.39 is 35.7 Å². The van der Waals surface area contributed by atoms with E-state index in [0.717, 1.165) is 24.3 Å². The van der Waals surface area contributed by atoms with Crippen molar-refractivity contribution in [1.82, 2.24) is 0 Å². The fraction of sp³-hybridized carbons (Fsp3) is 0.400. The van der Waals surface area contributed by atoms with Gasteiger partial charge in [-0.15, -0.1) is 0 Å². The number of hydrogen-bond acceptors (Lipinski definition) is 1. The van der Waals surface area contributed by atoms with Crippen molar-refractivity contribution >= 4 is 15.9 Å². The van der Waals surface area contributed by atoms with Gasteiger partial charge in [0, 0.05) is 4.83 Å². The van der Waals surface area contributed by atoms with Gasteiger partial charge in [0.15, 0.2) is 0 Å². The summed E-state index contributed by atoms with van der Waals surface area (Å²) in [6.45, 7) is 1.92. The Kier molecular flexibility index (Phi) is 5.83. The number of hydrogen-bond donors (Lipinski definition) is 0. The van der Waals surface area contributed by atoms with Crippen molar-refractivity contribution < 1.29 is 31.1 Å². The minimum Gasteiger partial charge on any atom is -0.365 e. The fourth-order valence-electron chi connectivity index (χ4n) is 3.31. The molecule has 0 aromatic heterocycles. The molecular weight excluding hydrogens is 450 g/mol. The van der Waals surface area contributed by atoms with Gasteiger partial charge < -0.3 is 4.74 Å². The van der Waals surface area contributed by atoms with E-state index in [-0.39, 0.29) is 10.7 Å². The van der Waals surface area contributed by atoms with Crippen LogP contribution in [0.2, 0.25) is 0 Å². The Morgan fingerprint density at radius 3 is 1.64 bits per heavy atom. The summed E-state index contributed by atoms with van der Waals surface area (Å²) >= 11 is 3.58. The van der Waals surface area contributed by atoms with E-state index in [1.165, 1.54) is 24.3 Å². The molecule has 0 unspecified atom stereocenters. The zero-order valence-electron chi connectivity index (χ0n) is 14.7. The summed E-state index contributed by atoms with van der Waals surface area (Å²) in [4.78, 5) is 0.000773. The Balaban J connectivity index is 1.83. The zero-order chi connectivity index (χ0) is 20.7. The van der Waals surface area contributed by atoms with E-state index >= 15 is 0 Å². The maximum Gasteiger partial charge on any atom is 0.416 e. The van der Waals surface area contributed by atoms with Crippen molar-refractivity contribution in [2.45, 2.75) is 42.7 Å². The van der Waals surface area contributed by atoms with Crippen molar-refractivity contribution in [3.63, 3.8) is 0 Å². The normalized spacial score (nSPS) is 26.3. The molecule has 1 fully saturated rings. The first-order valence-corrected chi connectivity index (χ1v) is 9.52. The first-order valence-electron chi connectivity index (χ1n) is 8.60. The third-order valence-electron chi connectivity index (χ3n) is 4.97. The molecule has 0 N–H and O–H groups in total. The standard InChI is InChI=1S/C20H17BrF6O/c1-11-16(21)10-17(12-2-6-14(7-3-12)19(22,23)24)28-18(11)13-4-8-15(9-5-13)20(25,26)27/h2-9,11,16-18H,10H2,1H3/t11-,16+,17+,18-/m0/s1. The van der Waals surface area contributed by atoms with E-state index in [9.17, 15) is 26.3 Å². The van der Waals surface area contributed by atoms with E-state index in [4.69, 9.17) is 4.74 Å². The van der Waals surface area contributed by atoms with E-state index in [2.05, 4.69) is 15.9 Å². The highest BCUT2D eigenvalue weighted by Crippen LogP contribution is 2.45. The number of benzene rings is 2. The topological polar surface area (TPSA) is 9.23 Å². The molecule has 1 nitrogen and oxygen atoms in total. The average molecular weight is 467 g/mol. The first-order chi connectivity index (χ1) is 13.0. The molecule has 1 aliphatic heterocycles. The van der Waals surface area contributed by atoms with Crippen molar-refractivity contribution in [2.24, 2.45) is 5.92 Å². The minimum absolute atomic E-state index is 0.000773. The molecule has 0 spiro atoms. The van der Waals surface area contributed by atoms with Gasteiger partial charge in [-0.3, -0.25) is 0 Å². The number of halogens is 7. The Hall–Kier alpha value is -1.54. The molecule has 0 saturated carbocycles. The smallest absolute Gasteiger partial charge is 0.365 e. The second kappa shape index (κ2) is 7.71. The van der Waals surface area contributed by atoms with Crippen LogP contribution in [-0.2, 0) is 17.1 Å². The molecule has 28 heavy (non-hydrogen) atoms. The molecule has 0 radical (unpaired) electrons. The van der Waals surface area contributed by atoms with Crippen LogP contribution in [0.3, 0.4) is 0 Å². The lowest BCUT2D eigenvalue weighted by Crippen LogP contribution is -2.31. The summed E-state index contributed by atoms with van der Waals surface area (Å²) in [7, 11) is 0. The highest BCUT2D eigenvalue weighted by molar-refractivity contribution is 9.09. The lowest BCUT2D eigenvalue weighted by atomic mass is 9.86. The summed E-state index contributed by atoms with van der Waals surface area (Å²) in [6, 6.07) is 9.57. The molecule has 0 bridgehead atoms. The van der Waals surface area contributed by atoms with Gasteiger partial charge in [0.25, 0.3) is 0 Å². The third-order valence-corrected chi connectivity index (χ3v) is 6.18. The zero-order valence-corrected chi connectivity index (χ0v) is 16.3. The highest BCUT2D eigenvalue weighted by atomic mass is 79.9. The van der Waals surface area contributed by atoms with Gasteiger partial charge in [-0.05, 0) is 47.7 Å². The summed E-state index contributed by atoms with van der Waals surface area (Å²) in [5, 5.41) is 0. The van der Waals surface area contributed by atoms with Crippen molar-refractivity contribution in [3.8, 4) is 0 Å². The van der Waals surface area contributed by atoms with Gasteiger partial charge in [-0.25, -0.2) is 0 Å². The van der Waals surface area contributed by atoms with Crippen LogP contribution in [0.5, 0.6) is 0 Å². The number of rotatable bonds is 2. The molecule has 4 atom stereocenters. The van der Waals surface area contributed by atoms with Crippen LogP contribution in [0.15, 0.2) is 48.5 Å². The van der Waals surface area contributed by atoms with Crippen LogP contribution >= 0.6 is 15.9 Å². The fourth-order valence-corrected chi connectivity index (χ4v) is 3.93. The maximum atomic E-state index is 12.8. The maximum absolute atomic E-state index is 12.8. The molecule has 152 valence electrons. The second-order valence-corrected chi connectivity index (χ2v) is 8.07. The quantitative estimate of drug-likeness (QED) is 0.332. The summed E-state index contributed by atoms with van der Waals surface area (Å²) in [6.07, 6.45) is -9.23. The molecule has 2 aromatic rings. The van der Waals surface area contributed by atoms with Crippen molar-refractivity contribution in [1.29, 1.82) is 0 Å². The van der Waals surface area contributed by atoms with Gasteiger partial charge in [-0.2, -0.15) is 26.3 Å². The van der Waals surface area contributed by atoms with Gasteiger partial charge in [0.05, 0.1) is 23.3 Å². The van der Waals surface area contributed by atoms with Crippen LogP contribution in [0.25, 0.3) is 0 Å². The van der Waals surface area contributed by atoms with E-state index in [1.807, 2.05) is 6.92 Å². The largest absolute Gasteiger partial charge is 0.416 e. The number of alkyl halides is 7. The third kappa shape index (κ3) is 4.54. The van der Waals surface area contributed by atoms with Crippen LogP contribution in [0, 0.1) is 5.92 Å². The number of ether oxygens (including phenoxy) is 1. The molecule has 0 aliphatic carbocycles. The first kappa shape index (κ1) is 21.2. The van der Waals surface area contributed by atoms with E-state index in [1.54, 1.807) is 0 Å². The summed E-state index contributed by atoms with van der Waals surface area (Å²) in [5.41, 5.74) is -0.285. The van der Waals surface area contributed by atoms with Crippen LogP contribution in [0.4, 0.5) is 26.3 Å². The second-order valence-electron chi connectivity index (χ2n) is 6.90. The average Bonchev–Trinajstić information content (AvgIpc) is 2.62. The van der Waals surface area contributed by atoms with Gasteiger partial charge >= 0.3 is 12.4 Å². The molecular formula is C20H17BrF6O. The Morgan fingerprint density at radius 2 is 1.21 bits per heavy atom. The predicted molar refractivity (Wildman–Crippen MR) is 96.0 cm³/mol. The predicted octanol–water partition coefficient (Wildman–Crippen LogP) is 7.33. The highest BCUT2D eigenvalue weighted by Gasteiger charge is 2.37. The molecule has 1 heterocycles.